The van der Waals surface area contributed by atoms with E-state index in [-0.39, 0.29) is 4.90 Å². The summed E-state index contributed by atoms with van der Waals surface area (Å²) in [4.78, 5) is 0.181. The van der Waals surface area contributed by atoms with Crippen molar-refractivity contribution < 1.29 is 8.42 Å². The average molecular weight is 359 g/mol. The van der Waals surface area contributed by atoms with Crippen molar-refractivity contribution in [3.05, 3.63) is 59.7 Å². The van der Waals surface area contributed by atoms with Gasteiger partial charge in [-0.3, -0.25) is 14.1 Å². The Morgan fingerprint density at radius 3 is 2.56 bits per heavy atom. The molecule has 2 heterocycles. The molecular weight excluding hydrogens is 338 g/mol. The molecule has 0 spiro atoms. The Morgan fingerprint density at radius 1 is 1.12 bits per heavy atom. The molecule has 0 saturated heterocycles. The van der Waals surface area contributed by atoms with Crippen LogP contribution in [0.2, 0.25) is 0 Å². The van der Waals surface area contributed by atoms with Gasteiger partial charge < -0.3 is 0 Å². The molecule has 25 heavy (non-hydrogen) atoms. The lowest BCUT2D eigenvalue weighted by Crippen LogP contribution is -2.13. The number of sulfonamides is 1. The van der Waals surface area contributed by atoms with Crippen LogP contribution in [0, 0.1) is 13.8 Å². The molecule has 0 bridgehead atoms. The topological polar surface area (TPSA) is 81.8 Å². The summed E-state index contributed by atoms with van der Waals surface area (Å²) in [5.41, 5.74) is 3.21. The number of rotatable bonds is 6. The predicted molar refractivity (Wildman–Crippen MR) is 96.0 cm³/mol. The van der Waals surface area contributed by atoms with Crippen LogP contribution in [0.25, 0.3) is 0 Å². The predicted octanol–water partition coefficient (Wildman–Crippen LogP) is 2.57. The number of hydrogen-bond donors (Lipinski definition) is 1. The van der Waals surface area contributed by atoms with Gasteiger partial charge in [0.1, 0.15) is 4.90 Å². The molecule has 8 heteroatoms. The van der Waals surface area contributed by atoms with Crippen LogP contribution in [0.15, 0.2) is 47.8 Å². The van der Waals surface area contributed by atoms with E-state index in [4.69, 9.17) is 0 Å². The minimum absolute atomic E-state index is 0.181. The molecule has 0 aliphatic heterocycles. The molecule has 2 aromatic heterocycles. The van der Waals surface area contributed by atoms with Gasteiger partial charge in [0.15, 0.2) is 0 Å². The minimum atomic E-state index is -3.69. The minimum Gasteiger partial charge on any atom is -0.276 e. The normalized spacial score (nSPS) is 11.6. The summed E-state index contributed by atoms with van der Waals surface area (Å²) in [5, 5.41) is 8.43. The van der Waals surface area contributed by atoms with Crippen LogP contribution >= 0.6 is 0 Å². The van der Waals surface area contributed by atoms with Crippen molar-refractivity contribution >= 4 is 15.7 Å². The molecule has 1 aromatic carbocycles. The first kappa shape index (κ1) is 17.2. The number of aromatic nitrogens is 4. The van der Waals surface area contributed by atoms with E-state index < -0.39 is 10.0 Å². The van der Waals surface area contributed by atoms with Crippen LogP contribution in [-0.2, 0) is 23.1 Å². The third-order valence-corrected chi connectivity index (χ3v) is 5.48. The molecule has 0 aliphatic carbocycles. The Morgan fingerprint density at radius 2 is 1.88 bits per heavy atom. The molecule has 0 amide bonds. The van der Waals surface area contributed by atoms with Crippen molar-refractivity contribution in [1.29, 1.82) is 0 Å². The van der Waals surface area contributed by atoms with Gasteiger partial charge in [-0.2, -0.15) is 10.2 Å². The zero-order chi connectivity index (χ0) is 18.0. The second-order valence-electron chi connectivity index (χ2n) is 5.89. The highest BCUT2D eigenvalue weighted by atomic mass is 32.2. The van der Waals surface area contributed by atoms with E-state index in [2.05, 4.69) is 14.9 Å². The van der Waals surface area contributed by atoms with Crippen LogP contribution in [0.5, 0.6) is 0 Å². The number of anilines is 1. The smallest absolute Gasteiger partial charge is 0.265 e. The number of benzene rings is 1. The first-order valence-corrected chi connectivity index (χ1v) is 9.51. The number of nitrogens with zero attached hydrogens (tertiary/aromatic N) is 4. The third kappa shape index (κ3) is 3.74. The lowest BCUT2D eigenvalue weighted by atomic mass is 10.1. The van der Waals surface area contributed by atoms with E-state index in [0.29, 0.717) is 24.5 Å². The van der Waals surface area contributed by atoms with E-state index >= 15 is 0 Å². The summed E-state index contributed by atoms with van der Waals surface area (Å²) >= 11 is 0. The van der Waals surface area contributed by atoms with Crippen LogP contribution in [0.1, 0.15) is 23.7 Å². The van der Waals surface area contributed by atoms with Crippen molar-refractivity contribution in [2.45, 2.75) is 38.8 Å². The maximum atomic E-state index is 12.6. The van der Waals surface area contributed by atoms with Gasteiger partial charge in [-0.05, 0) is 31.9 Å². The Bertz CT molecular complexity index is 988. The van der Waals surface area contributed by atoms with Crippen LogP contribution in [0.4, 0.5) is 5.69 Å². The second-order valence-corrected chi connectivity index (χ2v) is 7.54. The molecule has 3 aromatic rings. The highest BCUT2D eigenvalue weighted by molar-refractivity contribution is 7.92. The lowest BCUT2D eigenvalue weighted by Gasteiger charge is -2.06. The fourth-order valence-corrected chi connectivity index (χ4v) is 3.82. The Kier molecular flexibility index (Phi) is 4.63. The first-order valence-electron chi connectivity index (χ1n) is 8.03. The zero-order valence-electron chi connectivity index (χ0n) is 14.5. The molecule has 0 aliphatic rings. The maximum Gasteiger partial charge on any atom is 0.265 e. The Labute approximate surface area is 147 Å². The van der Waals surface area contributed by atoms with Crippen molar-refractivity contribution in [3.8, 4) is 0 Å². The summed E-state index contributed by atoms with van der Waals surface area (Å²) < 4.78 is 31.0. The first-order chi connectivity index (χ1) is 11.9. The zero-order valence-corrected chi connectivity index (χ0v) is 15.3. The molecule has 3 rings (SSSR count). The van der Waals surface area contributed by atoms with Gasteiger partial charge in [0.2, 0.25) is 0 Å². The van der Waals surface area contributed by atoms with Gasteiger partial charge >= 0.3 is 0 Å². The molecular formula is C17H21N5O2S. The quantitative estimate of drug-likeness (QED) is 0.733. The summed E-state index contributed by atoms with van der Waals surface area (Å²) in [5.74, 6) is 0. The van der Waals surface area contributed by atoms with E-state index in [1.807, 2.05) is 38.1 Å². The second kappa shape index (κ2) is 6.72. The highest BCUT2D eigenvalue weighted by Crippen LogP contribution is 2.19. The summed E-state index contributed by atoms with van der Waals surface area (Å²) in [7, 11) is -3.69. The standard InChI is InChI=1S/C17H21N5O2S/c1-4-21-12-17(14(3)19-21)25(23,24)20-16-9-18-22(11-16)10-15-8-6-5-7-13(15)2/h5-9,11-12,20H,4,10H2,1-3H3. The van der Waals surface area contributed by atoms with Gasteiger partial charge in [-0.1, -0.05) is 24.3 Å². The SMILES string of the molecule is CCn1cc(S(=O)(=O)Nc2cnn(Cc3ccccc3C)c2)c(C)n1. The van der Waals surface area contributed by atoms with E-state index in [1.54, 1.807) is 22.5 Å². The van der Waals surface area contributed by atoms with Crippen molar-refractivity contribution in [2.24, 2.45) is 0 Å². The molecule has 0 saturated carbocycles. The molecule has 132 valence electrons. The summed E-state index contributed by atoms with van der Waals surface area (Å²) in [6.07, 6.45) is 4.73. The van der Waals surface area contributed by atoms with Crippen LogP contribution in [-0.4, -0.2) is 28.0 Å². The van der Waals surface area contributed by atoms with Crippen molar-refractivity contribution in [2.75, 3.05) is 4.72 Å². The monoisotopic (exact) mass is 359 g/mol. The van der Waals surface area contributed by atoms with Gasteiger partial charge in [-0.15, -0.1) is 0 Å². The third-order valence-electron chi connectivity index (χ3n) is 3.99. The Hall–Kier alpha value is -2.61. The largest absolute Gasteiger partial charge is 0.276 e. The molecule has 7 nitrogen and oxygen atoms in total. The highest BCUT2D eigenvalue weighted by Gasteiger charge is 2.21. The van der Waals surface area contributed by atoms with E-state index in [0.717, 1.165) is 5.56 Å². The summed E-state index contributed by atoms with van der Waals surface area (Å²) in [6, 6.07) is 8.03. The summed E-state index contributed by atoms with van der Waals surface area (Å²) in [6.45, 7) is 6.83. The van der Waals surface area contributed by atoms with Crippen LogP contribution < -0.4 is 4.72 Å². The van der Waals surface area contributed by atoms with Gasteiger partial charge in [0.05, 0.1) is 24.1 Å². The number of aryl methyl sites for hydroxylation is 3. The van der Waals surface area contributed by atoms with Crippen LogP contribution in [0.3, 0.4) is 0 Å². The fraction of sp³-hybridized carbons (Fsp3) is 0.294. The Balaban J connectivity index is 1.78. The number of nitrogens with one attached hydrogen (secondary N) is 1. The van der Waals surface area contributed by atoms with Crippen molar-refractivity contribution in [1.82, 2.24) is 19.6 Å². The average Bonchev–Trinajstić information content (AvgIpc) is 3.16. The van der Waals surface area contributed by atoms with Gasteiger partial charge in [0.25, 0.3) is 10.0 Å². The maximum absolute atomic E-state index is 12.6. The molecule has 1 N–H and O–H groups in total. The van der Waals surface area contributed by atoms with Gasteiger partial charge in [0, 0.05) is 18.9 Å². The molecule has 0 radical (unpaired) electrons. The van der Waals surface area contributed by atoms with Crippen molar-refractivity contribution in [3.63, 3.8) is 0 Å². The molecule has 0 unspecified atom stereocenters. The number of hydrogen-bond acceptors (Lipinski definition) is 4. The lowest BCUT2D eigenvalue weighted by molar-refractivity contribution is 0.600. The molecule has 0 fully saturated rings. The van der Waals surface area contributed by atoms with E-state index in [1.165, 1.54) is 18.0 Å². The van der Waals surface area contributed by atoms with Gasteiger partial charge in [-0.25, -0.2) is 8.42 Å². The molecule has 0 atom stereocenters. The fourth-order valence-electron chi connectivity index (χ4n) is 2.60. The van der Waals surface area contributed by atoms with E-state index in [9.17, 15) is 8.42 Å².